The van der Waals surface area contributed by atoms with Crippen LogP contribution in [0.15, 0.2) is 97.1 Å². The Morgan fingerprint density at radius 1 is 0.780 bits per heavy atom. The molecule has 0 aliphatic carbocycles. The van der Waals surface area contributed by atoms with E-state index in [2.05, 4.69) is 17.0 Å². The molecule has 2 heterocycles. The maximum absolute atomic E-state index is 14.2. The lowest BCUT2D eigenvalue weighted by Crippen LogP contribution is -2.60. The number of carboxylic acids is 1. The minimum absolute atomic E-state index is 0.00949. The Bertz CT molecular complexity index is 1830. The molecular weight excluding hydrogens is 695 g/mol. The van der Waals surface area contributed by atoms with E-state index in [1.54, 1.807) is 28.0 Å². The van der Waals surface area contributed by atoms with Crippen LogP contribution in [0.1, 0.15) is 41.1 Å². The third kappa shape index (κ3) is 8.27. The highest BCUT2D eigenvalue weighted by atomic mass is 35.5. The van der Waals surface area contributed by atoms with Crippen LogP contribution in [0.5, 0.6) is 0 Å². The molecule has 0 radical (unpaired) electrons. The second kappa shape index (κ2) is 15.4. The second-order valence-electron chi connectivity index (χ2n) is 13.3. The lowest BCUT2D eigenvalue weighted by Gasteiger charge is -2.48. The van der Waals surface area contributed by atoms with Crippen LogP contribution in [0, 0.1) is 12.3 Å². The minimum Gasteiger partial charge on any atom is -0.481 e. The number of amides is 3. The van der Waals surface area contributed by atoms with Crippen LogP contribution in [0.4, 0.5) is 10.5 Å². The quantitative estimate of drug-likeness (QED) is 0.178. The van der Waals surface area contributed by atoms with Crippen LogP contribution in [0.3, 0.4) is 0 Å². The number of halogens is 3. The van der Waals surface area contributed by atoms with Crippen molar-refractivity contribution in [3.05, 3.63) is 134 Å². The fourth-order valence-corrected chi connectivity index (χ4v) is 7.76. The van der Waals surface area contributed by atoms with Gasteiger partial charge < -0.3 is 14.9 Å². The minimum atomic E-state index is -1.06. The Morgan fingerprint density at radius 3 is 2.06 bits per heavy atom. The molecule has 2 atom stereocenters. The third-order valence-electron chi connectivity index (χ3n) is 9.63. The molecule has 4 aromatic carbocycles. The summed E-state index contributed by atoms with van der Waals surface area (Å²) in [7, 11) is 0. The SMILES string of the molecule is Cc1ccc(N2CC(CC(=O)O)(CC(=O)N3CCN(C(c4ccccc4)c4ccc(Cl)cc4)CC3)CN(Cc3ccc(Cl)cc3Cl)C2=O)cc1. The molecule has 6 rings (SSSR count). The monoisotopic (exact) mass is 732 g/mol. The van der Waals surface area contributed by atoms with Gasteiger partial charge in [-0.2, -0.15) is 0 Å². The molecule has 0 saturated carbocycles. The number of piperazine rings is 1. The summed E-state index contributed by atoms with van der Waals surface area (Å²) < 4.78 is 0. The topological polar surface area (TPSA) is 84.4 Å². The molecule has 2 unspecified atom stereocenters. The first kappa shape index (κ1) is 35.7. The van der Waals surface area contributed by atoms with Crippen molar-refractivity contribution >= 4 is 58.4 Å². The largest absolute Gasteiger partial charge is 0.481 e. The molecule has 2 saturated heterocycles. The number of hydrogen-bond acceptors (Lipinski definition) is 4. The molecular formula is C39H39Cl3N4O4. The summed E-state index contributed by atoms with van der Waals surface area (Å²) in [5.74, 6) is -1.16. The molecule has 11 heteroatoms. The van der Waals surface area contributed by atoms with Gasteiger partial charge in [-0.15, -0.1) is 0 Å². The van der Waals surface area contributed by atoms with E-state index in [9.17, 15) is 19.5 Å². The van der Waals surface area contributed by atoms with Gasteiger partial charge in [-0.25, -0.2) is 4.79 Å². The van der Waals surface area contributed by atoms with E-state index >= 15 is 0 Å². The molecule has 0 bridgehead atoms. The van der Waals surface area contributed by atoms with Gasteiger partial charge in [0.1, 0.15) is 0 Å². The summed E-state index contributed by atoms with van der Waals surface area (Å²) in [6.45, 7) is 4.51. The highest BCUT2D eigenvalue weighted by molar-refractivity contribution is 6.35. The van der Waals surface area contributed by atoms with Crippen molar-refractivity contribution in [3.8, 4) is 0 Å². The summed E-state index contributed by atoms with van der Waals surface area (Å²) in [5.41, 5.74) is 3.55. The number of aryl methyl sites for hydroxylation is 1. The van der Waals surface area contributed by atoms with Crippen LogP contribution in [0.2, 0.25) is 15.1 Å². The highest BCUT2D eigenvalue weighted by Gasteiger charge is 2.47. The van der Waals surface area contributed by atoms with Crippen molar-refractivity contribution in [3.63, 3.8) is 0 Å². The van der Waals surface area contributed by atoms with E-state index in [1.807, 2.05) is 78.6 Å². The Morgan fingerprint density at radius 2 is 1.42 bits per heavy atom. The van der Waals surface area contributed by atoms with Gasteiger partial charge in [0.15, 0.2) is 0 Å². The Labute approximate surface area is 307 Å². The van der Waals surface area contributed by atoms with Gasteiger partial charge >= 0.3 is 12.0 Å². The van der Waals surface area contributed by atoms with Crippen molar-refractivity contribution in [1.29, 1.82) is 0 Å². The molecule has 260 valence electrons. The number of aliphatic carboxylic acids is 1. The van der Waals surface area contributed by atoms with Gasteiger partial charge in [0.05, 0.1) is 12.5 Å². The number of carbonyl (C=O) groups excluding carboxylic acids is 2. The Kier molecular flexibility index (Phi) is 11.0. The number of urea groups is 1. The van der Waals surface area contributed by atoms with Crippen molar-refractivity contribution in [2.75, 3.05) is 44.2 Å². The number of carboxylic acid groups (broad SMARTS) is 1. The molecule has 2 aliphatic heterocycles. The lowest BCUT2D eigenvalue weighted by molar-refractivity contribution is -0.142. The standard InChI is InChI=1S/C39H39Cl3N4O4/c1-27-7-15-33(16-8-27)46-26-39(23-36(48)49,25-45(38(46)50)24-30-11-14-32(41)21-34(30)42)22-35(47)43-17-19-44(20-18-43)37(28-5-3-2-4-6-28)29-9-12-31(40)13-10-29/h2-16,21,37H,17-20,22-26H2,1H3,(H,48,49). The van der Waals surface area contributed by atoms with E-state index in [-0.39, 0.29) is 50.5 Å². The Balaban J connectivity index is 1.24. The van der Waals surface area contributed by atoms with Crippen molar-refractivity contribution in [2.24, 2.45) is 5.41 Å². The van der Waals surface area contributed by atoms with Gasteiger partial charge in [-0.05, 0) is 60.0 Å². The maximum Gasteiger partial charge on any atom is 0.324 e. The zero-order chi connectivity index (χ0) is 35.4. The first-order chi connectivity index (χ1) is 24.0. The summed E-state index contributed by atoms with van der Waals surface area (Å²) in [6, 6.07) is 30.5. The molecule has 0 spiro atoms. The predicted molar refractivity (Wildman–Crippen MR) is 198 cm³/mol. The molecule has 1 N–H and O–H groups in total. The molecule has 50 heavy (non-hydrogen) atoms. The molecule has 0 aromatic heterocycles. The second-order valence-corrected chi connectivity index (χ2v) is 14.6. The van der Waals surface area contributed by atoms with E-state index < -0.39 is 11.4 Å². The maximum atomic E-state index is 14.2. The number of carbonyl (C=O) groups is 3. The number of rotatable bonds is 10. The van der Waals surface area contributed by atoms with Gasteiger partial charge in [-0.1, -0.05) is 101 Å². The number of benzene rings is 4. The normalized spacial score (nSPS) is 19.0. The van der Waals surface area contributed by atoms with Gasteiger partial charge in [0.2, 0.25) is 5.91 Å². The molecule has 8 nitrogen and oxygen atoms in total. The van der Waals surface area contributed by atoms with E-state index in [0.29, 0.717) is 52.5 Å². The van der Waals surface area contributed by atoms with Crippen LogP contribution in [-0.4, -0.2) is 77.0 Å². The van der Waals surface area contributed by atoms with Crippen molar-refractivity contribution < 1.29 is 19.5 Å². The molecule has 4 aromatic rings. The molecule has 3 amide bonds. The van der Waals surface area contributed by atoms with Crippen LogP contribution >= 0.6 is 34.8 Å². The van der Waals surface area contributed by atoms with Gasteiger partial charge in [0.25, 0.3) is 0 Å². The van der Waals surface area contributed by atoms with Crippen LogP contribution in [0.25, 0.3) is 0 Å². The van der Waals surface area contributed by atoms with E-state index in [0.717, 1.165) is 16.7 Å². The fraction of sp³-hybridized carbons (Fsp3) is 0.308. The van der Waals surface area contributed by atoms with Crippen molar-refractivity contribution in [1.82, 2.24) is 14.7 Å². The average molecular weight is 734 g/mol. The first-order valence-electron chi connectivity index (χ1n) is 16.6. The van der Waals surface area contributed by atoms with E-state index in [1.165, 1.54) is 0 Å². The lowest BCUT2D eigenvalue weighted by atomic mass is 9.77. The van der Waals surface area contributed by atoms with Crippen LogP contribution < -0.4 is 4.90 Å². The van der Waals surface area contributed by atoms with E-state index in [4.69, 9.17) is 34.8 Å². The summed E-state index contributed by atoms with van der Waals surface area (Å²) in [4.78, 5) is 48.1. The number of hydrogen-bond donors (Lipinski definition) is 1. The Hall–Kier alpha value is -4.08. The third-order valence-corrected chi connectivity index (χ3v) is 10.5. The van der Waals surface area contributed by atoms with Gasteiger partial charge in [0, 0.05) is 78.4 Å². The highest BCUT2D eigenvalue weighted by Crippen LogP contribution is 2.39. The summed E-state index contributed by atoms with van der Waals surface area (Å²) in [5, 5.41) is 11.7. The van der Waals surface area contributed by atoms with Crippen molar-refractivity contribution in [2.45, 2.75) is 32.4 Å². The fourth-order valence-electron chi connectivity index (χ4n) is 7.17. The summed E-state index contributed by atoms with van der Waals surface area (Å²) >= 11 is 18.9. The molecule has 2 fully saturated rings. The summed E-state index contributed by atoms with van der Waals surface area (Å²) in [6.07, 6.45) is -0.315. The number of anilines is 1. The van der Waals surface area contributed by atoms with Gasteiger partial charge in [-0.3, -0.25) is 19.4 Å². The predicted octanol–water partition coefficient (Wildman–Crippen LogP) is 8.18. The zero-order valence-corrected chi connectivity index (χ0v) is 30.0. The average Bonchev–Trinajstić information content (AvgIpc) is 3.09. The zero-order valence-electron chi connectivity index (χ0n) is 27.8. The number of nitrogens with zero attached hydrogens (tertiary/aromatic N) is 4. The molecule has 2 aliphatic rings. The smallest absolute Gasteiger partial charge is 0.324 e. The first-order valence-corrected chi connectivity index (χ1v) is 17.7. The van der Waals surface area contributed by atoms with Crippen LogP contribution in [-0.2, 0) is 16.1 Å².